The number of hydrogen-bond acceptors (Lipinski definition) is 4. The maximum absolute atomic E-state index is 10.9. The Balaban J connectivity index is 2.01. The summed E-state index contributed by atoms with van der Waals surface area (Å²) in [6.45, 7) is 2.37. The molecule has 2 aliphatic heterocycles. The van der Waals surface area contributed by atoms with E-state index in [9.17, 15) is 4.79 Å². The molecule has 3 unspecified atom stereocenters. The molecular weight excluding hydrogens is 184 g/mol. The Morgan fingerprint density at radius 2 is 2.43 bits per heavy atom. The molecule has 0 aromatic carbocycles. The van der Waals surface area contributed by atoms with Crippen molar-refractivity contribution in [3.63, 3.8) is 0 Å². The van der Waals surface area contributed by atoms with E-state index >= 15 is 0 Å². The zero-order valence-corrected chi connectivity index (χ0v) is 8.14. The Morgan fingerprint density at radius 3 is 2.93 bits per heavy atom. The van der Waals surface area contributed by atoms with Crippen LogP contribution in [-0.4, -0.2) is 35.4 Å². The summed E-state index contributed by atoms with van der Waals surface area (Å²) in [7, 11) is 0. The van der Waals surface area contributed by atoms with Crippen LogP contribution in [0.2, 0.25) is 0 Å². The molecule has 0 aromatic heterocycles. The molecule has 0 bridgehead atoms. The molecule has 2 rings (SSSR count). The molecule has 1 saturated heterocycles. The number of rotatable bonds is 2. The third-order valence-corrected chi connectivity index (χ3v) is 2.89. The molecule has 1 N–H and O–H groups in total. The maximum atomic E-state index is 10.9. The van der Waals surface area contributed by atoms with Crippen molar-refractivity contribution in [1.29, 1.82) is 0 Å². The Kier molecular flexibility index (Phi) is 2.26. The summed E-state index contributed by atoms with van der Waals surface area (Å²) in [5.41, 5.74) is -1.03. The molecule has 2 aliphatic rings. The predicted octanol–water partition coefficient (Wildman–Crippen LogP) is 1.23. The molecule has 78 valence electrons. The van der Waals surface area contributed by atoms with Crippen LogP contribution >= 0.6 is 0 Å². The Hall–Kier alpha value is -0.970. The van der Waals surface area contributed by atoms with E-state index in [1.807, 2.05) is 0 Å². The van der Waals surface area contributed by atoms with Gasteiger partial charge in [-0.2, -0.15) is 10.2 Å². The largest absolute Gasteiger partial charge is 0.479 e. The van der Waals surface area contributed by atoms with Crippen molar-refractivity contribution in [3.8, 4) is 0 Å². The van der Waals surface area contributed by atoms with Gasteiger partial charge < -0.3 is 9.84 Å². The second-order valence-corrected chi connectivity index (χ2v) is 4.12. The molecule has 5 heteroatoms. The van der Waals surface area contributed by atoms with Gasteiger partial charge in [0.15, 0.2) is 5.54 Å². The van der Waals surface area contributed by atoms with Gasteiger partial charge in [-0.1, -0.05) is 0 Å². The van der Waals surface area contributed by atoms with E-state index in [1.54, 1.807) is 6.92 Å². The summed E-state index contributed by atoms with van der Waals surface area (Å²) in [5.74, 6) is -0.901. The summed E-state index contributed by atoms with van der Waals surface area (Å²) >= 11 is 0. The first kappa shape index (κ1) is 9.58. The van der Waals surface area contributed by atoms with E-state index in [1.165, 1.54) is 0 Å². The van der Waals surface area contributed by atoms with Gasteiger partial charge in [0, 0.05) is 13.0 Å². The fourth-order valence-corrected chi connectivity index (χ4v) is 1.93. The van der Waals surface area contributed by atoms with Crippen molar-refractivity contribution >= 4 is 5.97 Å². The smallest absolute Gasteiger partial charge is 0.333 e. The average molecular weight is 198 g/mol. The van der Waals surface area contributed by atoms with Crippen LogP contribution in [-0.2, 0) is 9.53 Å². The minimum atomic E-state index is -1.03. The lowest BCUT2D eigenvalue weighted by Gasteiger charge is -2.17. The number of carbonyl (C=O) groups is 1. The highest BCUT2D eigenvalue weighted by molar-refractivity contribution is 5.78. The number of aliphatic carboxylic acids is 1. The normalized spacial score (nSPS) is 41.8. The summed E-state index contributed by atoms with van der Waals surface area (Å²) in [6.07, 6.45) is 2.56. The van der Waals surface area contributed by atoms with Gasteiger partial charge in [0.05, 0.1) is 12.1 Å². The van der Waals surface area contributed by atoms with Crippen molar-refractivity contribution in [2.75, 3.05) is 6.61 Å². The second-order valence-electron chi connectivity index (χ2n) is 4.12. The fourth-order valence-electron chi connectivity index (χ4n) is 1.93. The summed E-state index contributed by atoms with van der Waals surface area (Å²) in [5, 5.41) is 16.8. The van der Waals surface area contributed by atoms with E-state index in [2.05, 4.69) is 10.2 Å². The SMILES string of the molecule is CC1(C(=O)O)CC(C2CCCO2)N=N1. The van der Waals surface area contributed by atoms with E-state index < -0.39 is 11.5 Å². The maximum Gasteiger partial charge on any atom is 0.333 e. The number of nitrogens with zero attached hydrogens (tertiary/aromatic N) is 2. The third kappa shape index (κ3) is 1.52. The minimum Gasteiger partial charge on any atom is -0.479 e. The van der Waals surface area contributed by atoms with Crippen LogP contribution in [0.3, 0.4) is 0 Å². The van der Waals surface area contributed by atoms with E-state index in [0.29, 0.717) is 6.42 Å². The van der Waals surface area contributed by atoms with Gasteiger partial charge >= 0.3 is 5.97 Å². The van der Waals surface area contributed by atoms with Gasteiger partial charge in [-0.15, -0.1) is 0 Å². The van der Waals surface area contributed by atoms with E-state index in [4.69, 9.17) is 9.84 Å². The molecule has 0 aromatic rings. The lowest BCUT2D eigenvalue weighted by atomic mass is 9.93. The van der Waals surface area contributed by atoms with Crippen molar-refractivity contribution in [1.82, 2.24) is 0 Å². The zero-order chi connectivity index (χ0) is 10.2. The molecule has 3 atom stereocenters. The Labute approximate surface area is 82.2 Å². The number of hydrogen-bond donors (Lipinski definition) is 1. The molecule has 0 saturated carbocycles. The summed E-state index contributed by atoms with van der Waals surface area (Å²) < 4.78 is 5.46. The van der Waals surface area contributed by atoms with Crippen molar-refractivity contribution < 1.29 is 14.6 Å². The molecule has 0 amide bonds. The zero-order valence-electron chi connectivity index (χ0n) is 8.14. The van der Waals surface area contributed by atoms with Crippen LogP contribution in [0.5, 0.6) is 0 Å². The Morgan fingerprint density at radius 1 is 1.64 bits per heavy atom. The lowest BCUT2D eigenvalue weighted by molar-refractivity contribution is -0.142. The van der Waals surface area contributed by atoms with Gasteiger partial charge in [-0.3, -0.25) is 0 Å². The molecule has 14 heavy (non-hydrogen) atoms. The highest BCUT2D eigenvalue weighted by Crippen LogP contribution is 2.32. The van der Waals surface area contributed by atoms with Crippen LogP contribution in [0.1, 0.15) is 26.2 Å². The summed E-state index contributed by atoms with van der Waals surface area (Å²) in [4.78, 5) is 10.9. The first-order valence-corrected chi connectivity index (χ1v) is 4.89. The highest BCUT2D eigenvalue weighted by atomic mass is 16.5. The first-order chi connectivity index (χ1) is 6.62. The van der Waals surface area contributed by atoms with Gasteiger partial charge in [0.1, 0.15) is 0 Å². The standard InChI is InChI=1S/C9H14N2O3/c1-9(8(12)13)5-6(10-11-9)7-3-2-4-14-7/h6-7H,2-5H2,1H3,(H,12,13). The molecule has 5 nitrogen and oxygen atoms in total. The molecule has 0 aliphatic carbocycles. The van der Waals surface area contributed by atoms with E-state index in [0.717, 1.165) is 19.4 Å². The summed E-state index contributed by atoms with van der Waals surface area (Å²) in [6, 6.07) is -0.0569. The monoisotopic (exact) mass is 198 g/mol. The van der Waals surface area contributed by atoms with Crippen molar-refractivity contribution in [3.05, 3.63) is 0 Å². The van der Waals surface area contributed by atoms with Gasteiger partial charge in [-0.05, 0) is 19.8 Å². The van der Waals surface area contributed by atoms with Crippen LogP contribution in [0.25, 0.3) is 0 Å². The number of azo groups is 1. The van der Waals surface area contributed by atoms with Gasteiger partial charge in [0.25, 0.3) is 0 Å². The van der Waals surface area contributed by atoms with Crippen LogP contribution in [0, 0.1) is 0 Å². The topological polar surface area (TPSA) is 71.2 Å². The predicted molar refractivity (Wildman–Crippen MR) is 48.3 cm³/mol. The molecule has 1 fully saturated rings. The first-order valence-electron chi connectivity index (χ1n) is 4.89. The Bertz CT molecular complexity index is 273. The van der Waals surface area contributed by atoms with Crippen LogP contribution < -0.4 is 0 Å². The second kappa shape index (κ2) is 3.31. The highest BCUT2D eigenvalue weighted by Gasteiger charge is 2.44. The minimum absolute atomic E-state index is 0.0569. The van der Waals surface area contributed by atoms with Gasteiger partial charge in [0.2, 0.25) is 0 Å². The van der Waals surface area contributed by atoms with Crippen molar-refractivity contribution in [2.24, 2.45) is 10.2 Å². The molecule has 0 spiro atoms. The van der Waals surface area contributed by atoms with Crippen LogP contribution in [0.4, 0.5) is 0 Å². The van der Waals surface area contributed by atoms with E-state index in [-0.39, 0.29) is 12.1 Å². The van der Waals surface area contributed by atoms with Crippen molar-refractivity contribution in [2.45, 2.75) is 43.9 Å². The third-order valence-electron chi connectivity index (χ3n) is 2.89. The molecule has 2 heterocycles. The average Bonchev–Trinajstić information content (AvgIpc) is 2.72. The number of ether oxygens (including phenoxy) is 1. The number of carboxylic acid groups (broad SMARTS) is 1. The quantitative estimate of drug-likeness (QED) is 0.725. The van der Waals surface area contributed by atoms with Crippen LogP contribution in [0.15, 0.2) is 10.2 Å². The lowest BCUT2D eigenvalue weighted by Crippen LogP contribution is -2.35. The van der Waals surface area contributed by atoms with Gasteiger partial charge in [-0.25, -0.2) is 4.79 Å². The number of carboxylic acids is 1. The molecule has 0 radical (unpaired) electrons. The molecular formula is C9H14N2O3. The fraction of sp³-hybridized carbons (Fsp3) is 0.889.